The fourth-order valence-corrected chi connectivity index (χ4v) is 4.00. The summed E-state index contributed by atoms with van der Waals surface area (Å²) in [6.45, 7) is 0. The summed E-state index contributed by atoms with van der Waals surface area (Å²) in [5.74, 6) is 2.38. The normalized spacial score (nSPS) is 11.0. The van der Waals surface area contributed by atoms with Crippen LogP contribution in [0.4, 0.5) is 0 Å². The lowest BCUT2D eigenvalue weighted by Gasteiger charge is -2.35. The van der Waals surface area contributed by atoms with Gasteiger partial charge < -0.3 is 33.5 Å². The molecule has 0 saturated carbocycles. The number of hydrogen-bond acceptors (Lipinski definition) is 7. The van der Waals surface area contributed by atoms with Gasteiger partial charge in [0.25, 0.3) is 0 Å². The van der Waals surface area contributed by atoms with Gasteiger partial charge in [0.2, 0.25) is 0 Å². The van der Waals surface area contributed by atoms with Crippen LogP contribution in [0.5, 0.6) is 34.5 Å². The molecule has 0 atom stereocenters. The Bertz CT molecular complexity index is 876. The Morgan fingerprint density at radius 1 is 0.438 bits per heavy atom. The van der Waals surface area contributed by atoms with Gasteiger partial charge in [-0.2, -0.15) is 0 Å². The van der Waals surface area contributed by atoms with Crippen molar-refractivity contribution in [2.75, 3.05) is 42.7 Å². The molecule has 0 spiro atoms. The maximum atomic E-state index is 12.8. The molecular weight excluding hydrogens is 412 g/mol. The molecule has 0 fully saturated rings. The van der Waals surface area contributed by atoms with Crippen LogP contribution in [-0.4, -0.2) is 47.8 Å². The molecule has 0 aliphatic rings. The Balaban J connectivity index is 2.62. The summed E-state index contributed by atoms with van der Waals surface area (Å²) in [7, 11) is 9.15. The zero-order valence-corrected chi connectivity index (χ0v) is 19.1. The summed E-state index contributed by atoms with van der Waals surface area (Å²) in [6.07, 6.45) is 0. The lowest BCUT2D eigenvalue weighted by Crippen LogP contribution is -2.32. The fourth-order valence-electron chi connectivity index (χ4n) is 4.00. The van der Waals surface area contributed by atoms with Crippen LogP contribution in [0.25, 0.3) is 0 Å². The van der Waals surface area contributed by atoms with E-state index in [1.54, 1.807) is 54.6 Å². The first-order chi connectivity index (χ1) is 15.5. The third kappa shape index (κ3) is 3.65. The van der Waals surface area contributed by atoms with E-state index in [4.69, 9.17) is 28.4 Å². The molecule has 0 aliphatic heterocycles. The SMILES string of the molecule is COc1cccc(OC)c1C(O)(c1c(OC)cccc1OC)c1c(OC)cccc1OC. The first kappa shape index (κ1) is 23.1. The van der Waals surface area contributed by atoms with Crippen molar-refractivity contribution in [1.82, 2.24) is 0 Å². The molecule has 0 unspecified atom stereocenters. The average molecular weight is 440 g/mol. The summed E-state index contributed by atoms with van der Waals surface area (Å²) in [5.41, 5.74) is -0.893. The van der Waals surface area contributed by atoms with Gasteiger partial charge in [-0.15, -0.1) is 0 Å². The van der Waals surface area contributed by atoms with Crippen LogP contribution in [0.15, 0.2) is 54.6 Å². The topological polar surface area (TPSA) is 75.6 Å². The van der Waals surface area contributed by atoms with Gasteiger partial charge in [0.15, 0.2) is 5.60 Å². The Morgan fingerprint density at radius 2 is 0.625 bits per heavy atom. The molecule has 3 aromatic rings. The van der Waals surface area contributed by atoms with Gasteiger partial charge in [-0.1, -0.05) is 18.2 Å². The van der Waals surface area contributed by atoms with Gasteiger partial charge in [0.1, 0.15) is 34.5 Å². The molecule has 3 rings (SSSR count). The molecule has 7 nitrogen and oxygen atoms in total. The minimum atomic E-state index is -1.92. The molecule has 0 saturated heterocycles. The van der Waals surface area contributed by atoms with E-state index in [1.165, 1.54) is 42.7 Å². The minimum absolute atomic E-state index is 0.343. The quantitative estimate of drug-likeness (QED) is 0.504. The summed E-state index contributed by atoms with van der Waals surface area (Å²) in [6, 6.07) is 15.8. The zero-order chi connectivity index (χ0) is 23.3. The summed E-state index contributed by atoms with van der Waals surface area (Å²) in [4.78, 5) is 0. The van der Waals surface area contributed by atoms with E-state index >= 15 is 0 Å². The molecule has 1 N–H and O–H groups in total. The van der Waals surface area contributed by atoms with Gasteiger partial charge in [0, 0.05) is 0 Å². The highest BCUT2D eigenvalue weighted by molar-refractivity contribution is 5.68. The van der Waals surface area contributed by atoms with E-state index in [9.17, 15) is 5.11 Å². The number of benzene rings is 3. The van der Waals surface area contributed by atoms with E-state index in [2.05, 4.69) is 0 Å². The molecular formula is C25H28O7. The molecule has 0 heterocycles. The molecule has 32 heavy (non-hydrogen) atoms. The van der Waals surface area contributed by atoms with Crippen molar-refractivity contribution >= 4 is 0 Å². The van der Waals surface area contributed by atoms with Crippen LogP contribution in [-0.2, 0) is 5.60 Å². The van der Waals surface area contributed by atoms with Crippen molar-refractivity contribution in [2.45, 2.75) is 5.60 Å². The van der Waals surface area contributed by atoms with Crippen LogP contribution in [0, 0.1) is 0 Å². The van der Waals surface area contributed by atoms with E-state index in [0.717, 1.165) is 0 Å². The minimum Gasteiger partial charge on any atom is -0.496 e. The first-order valence-electron chi connectivity index (χ1n) is 9.88. The highest BCUT2D eigenvalue weighted by atomic mass is 16.5. The Morgan fingerprint density at radius 3 is 0.781 bits per heavy atom. The van der Waals surface area contributed by atoms with Gasteiger partial charge in [-0.25, -0.2) is 0 Å². The predicted molar refractivity (Wildman–Crippen MR) is 121 cm³/mol. The summed E-state index contributed by atoms with van der Waals surface area (Å²) < 4.78 is 34.0. The number of aliphatic hydroxyl groups is 1. The molecule has 3 aromatic carbocycles. The highest BCUT2D eigenvalue weighted by Crippen LogP contribution is 2.55. The Kier molecular flexibility index (Phi) is 7.00. The van der Waals surface area contributed by atoms with Crippen molar-refractivity contribution in [3.8, 4) is 34.5 Å². The molecule has 0 aromatic heterocycles. The Hall–Kier alpha value is -3.58. The number of methoxy groups -OCH3 is 6. The van der Waals surface area contributed by atoms with Crippen LogP contribution in [0.3, 0.4) is 0 Å². The third-order valence-electron chi connectivity index (χ3n) is 5.37. The second-order valence-corrected chi connectivity index (χ2v) is 6.82. The monoisotopic (exact) mass is 440 g/mol. The van der Waals surface area contributed by atoms with Crippen molar-refractivity contribution in [2.24, 2.45) is 0 Å². The van der Waals surface area contributed by atoms with E-state index in [0.29, 0.717) is 51.2 Å². The van der Waals surface area contributed by atoms with E-state index < -0.39 is 5.60 Å². The van der Waals surface area contributed by atoms with Crippen LogP contribution in [0.1, 0.15) is 16.7 Å². The highest BCUT2D eigenvalue weighted by Gasteiger charge is 2.47. The standard InChI is InChI=1S/C25H28O7/c1-27-16-10-7-11-17(28-2)22(16)25(26,23-18(29-3)12-8-13-19(23)30-4)24-20(31-5)14-9-15-21(24)32-6/h7-15,26H,1-6H3. The number of rotatable bonds is 9. The van der Waals surface area contributed by atoms with Crippen LogP contribution in [0.2, 0.25) is 0 Å². The lowest BCUT2D eigenvalue weighted by molar-refractivity contribution is 0.105. The molecule has 0 amide bonds. The zero-order valence-electron chi connectivity index (χ0n) is 19.1. The van der Waals surface area contributed by atoms with Gasteiger partial charge >= 0.3 is 0 Å². The third-order valence-corrected chi connectivity index (χ3v) is 5.37. The summed E-state index contributed by atoms with van der Waals surface area (Å²) in [5, 5.41) is 12.8. The predicted octanol–water partition coefficient (Wildman–Crippen LogP) is 4.02. The maximum Gasteiger partial charge on any atom is 0.162 e. The second-order valence-electron chi connectivity index (χ2n) is 6.82. The van der Waals surface area contributed by atoms with Crippen LogP contribution < -0.4 is 28.4 Å². The van der Waals surface area contributed by atoms with Gasteiger partial charge in [0.05, 0.1) is 59.3 Å². The largest absolute Gasteiger partial charge is 0.496 e. The molecule has 0 bridgehead atoms. The van der Waals surface area contributed by atoms with Crippen molar-refractivity contribution < 1.29 is 33.5 Å². The van der Waals surface area contributed by atoms with E-state index in [-0.39, 0.29) is 0 Å². The van der Waals surface area contributed by atoms with Gasteiger partial charge in [-0.3, -0.25) is 0 Å². The van der Waals surface area contributed by atoms with Crippen molar-refractivity contribution in [1.29, 1.82) is 0 Å². The molecule has 170 valence electrons. The smallest absolute Gasteiger partial charge is 0.162 e. The van der Waals surface area contributed by atoms with Crippen molar-refractivity contribution in [3.63, 3.8) is 0 Å². The number of ether oxygens (including phenoxy) is 6. The van der Waals surface area contributed by atoms with Gasteiger partial charge in [-0.05, 0) is 36.4 Å². The van der Waals surface area contributed by atoms with E-state index in [1.807, 2.05) is 0 Å². The fraction of sp³-hybridized carbons (Fsp3) is 0.280. The lowest BCUT2D eigenvalue weighted by atomic mass is 9.77. The second kappa shape index (κ2) is 9.70. The van der Waals surface area contributed by atoms with Crippen LogP contribution >= 0.6 is 0 Å². The first-order valence-corrected chi connectivity index (χ1v) is 9.88. The molecule has 7 heteroatoms. The number of hydrogen-bond donors (Lipinski definition) is 1. The van der Waals surface area contributed by atoms with Crippen molar-refractivity contribution in [3.05, 3.63) is 71.3 Å². The maximum absolute atomic E-state index is 12.8. The Labute approximate surface area is 188 Å². The molecule has 0 radical (unpaired) electrons. The average Bonchev–Trinajstić information content (AvgIpc) is 2.86. The summed E-state index contributed by atoms with van der Waals surface area (Å²) >= 11 is 0. The molecule has 0 aliphatic carbocycles.